The number of methoxy groups -OCH3 is 1. The van der Waals surface area contributed by atoms with Crippen molar-refractivity contribution >= 4 is 6.09 Å². The summed E-state index contributed by atoms with van der Waals surface area (Å²) in [7, 11) is 1.69. The molecule has 1 aromatic carbocycles. The van der Waals surface area contributed by atoms with Gasteiger partial charge in [-0.05, 0) is 46.2 Å². The molecule has 5 heteroatoms. The molecule has 0 fully saturated rings. The Balaban J connectivity index is 2.62. The van der Waals surface area contributed by atoms with Gasteiger partial charge in [0.1, 0.15) is 5.60 Å². The predicted molar refractivity (Wildman–Crippen MR) is 92.5 cm³/mol. The molecule has 130 valence electrons. The highest BCUT2D eigenvalue weighted by Crippen LogP contribution is 2.17. The van der Waals surface area contributed by atoms with Gasteiger partial charge in [-0.3, -0.25) is 0 Å². The van der Waals surface area contributed by atoms with Gasteiger partial charge < -0.3 is 20.1 Å². The zero-order chi connectivity index (χ0) is 17.3. The molecule has 1 amide bonds. The van der Waals surface area contributed by atoms with Crippen molar-refractivity contribution in [2.45, 2.75) is 51.8 Å². The summed E-state index contributed by atoms with van der Waals surface area (Å²) in [6.07, 6.45) is 0.383. The van der Waals surface area contributed by atoms with E-state index in [1.807, 2.05) is 51.1 Å². The van der Waals surface area contributed by atoms with Crippen molar-refractivity contribution in [3.8, 4) is 0 Å². The minimum atomic E-state index is -0.503. The van der Waals surface area contributed by atoms with Crippen LogP contribution in [-0.4, -0.2) is 38.0 Å². The number of carbonyl (C=O) groups excluding carboxylic acids is 1. The number of amides is 1. The highest BCUT2D eigenvalue weighted by Gasteiger charge is 2.20. The summed E-state index contributed by atoms with van der Waals surface area (Å²) in [4.78, 5) is 12.1. The quantitative estimate of drug-likeness (QED) is 0.771. The first-order valence-corrected chi connectivity index (χ1v) is 8.08. The van der Waals surface area contributed by atoms with Crippen LogP contribution in [0.2, 0.25) is 0 Å². The number of nitrogens with one attached hydrogen (secondary N) is 2. The zero-order valence-corrected chi connectivity index (χ0v) is 14.9. The fourth-order valence-electron chi connectivity index (χ4n) is 2.24. The Kier molecular flexibility index (Phi) is 8.06. The minimum absolute atomic E-state index is 0.0895. The van der Waals surface area contributed by atoms with E-state index < -0.39 is 11.7 Å². The van der Waals surface area contributed by atoms with Crippen molar-refractivity contribution in [3.05, 3.63) is 35.9 Å². The van der Waals surface area contributed by atoms with Crippen LogP contribution in [-0.2, 0) is 9.47 Å². The Labute approximate surface area is 139 Å². The third kappa shape index (κ3) is 8.57. The maximum Gasteiger partial charge on any atom is 0.408 e. The maximum absolute atomic E-state index is 12.1. The van der Waals surface area contributed by atoms with E-state index in [4.69, 9.17) is 9.47 Å². The summed E-state index contributed by atoms with van der Waals surface area (Å²) in [6, 6.07) is 10.1. The fourth-order valence-corrected chi connectivity index (χ4v) is 2.24. The summed E-state index contributed by atoms with van der Waals surface area (Å²) in [5.74, 6) is 0. The first kappa shape index (κ1) is 19.5. The Hall–Kier alpha value is -1.59. The van der Waals surface area contributed by atoms with Crippen molar-refractivity contribution in [1.29, 1.82) is 0 Å². The van der Waals surface area contributed by atoms with Gasteiger partial charge in [0.2, 0.25) is 0 Å². The smallest absolute Gasteiger partial charge is 0.408 e. The molecule has 0 saturated heterocycles. The molecule has 0 bridgehead atoms. The number of ether oxygens (including phenoxy) is 2. The van der Waals surface area contributed by atoms with Gasteiger partial charge in [-0.25, -0.2) is 4.79 Å². The molecule has 23 heavy (non-hydrogen) atoms. The molecule has 0 heterocycles. The monoisotopic (exact) mass is 322 g/mol. The molecular formula is C18H30N2O3. The summed E-state index contributed by atoms with van der Waals surface area (Å²) >= 11 is 0. The lowest BCUT2D eigenvalue weighted by molar-refractivity contribution is 0.0500. The maximum atomic E-state index is 12.1. The first-order valence-electron chi connectivity index (χ1n) is 8.08. The van der Waals surface area contributed by atoms with Gasteiger partial charge >= 0.3 is 6.09 Å². The van der Waals surface area contributed by atoms with Gasteiger partial charge in [-0.15, -0.1) is 0 Å². The van der Waals surface area contributed by atoms with Gasteiger partial charge in [0, 0.05) is 13.2 Å². The number of rotatable bonds is 8. The third-order valence-electron chi connectivity index (χ3n) is 3.24. The van der Waals surface area contributed by atoms with Crippen molar-refractivity contribution < 1.29 is 14.3 Å². The predicted octanol–water partition coefficient (Wildman–Crippen LogP) is 3.27. The number of benzene rings is 1. The van der Waals surface area contributed by atoms with Crippen LogP contribution in [0.3, 0.4) is 0 Å². The first-order chi connectivity index (χ1) is 10.8. The van der Waals surface area contributed by atoms with Crippen LogP contribution in [0.1, 0.15) is 45.7 Å². The SMILES string of the molecule is COCC(C)NCCC(NC(=O)OC(C)(C)C)c1ccccc1. The molecule has 2 unspecified atom stereocenters. The topological polar surface area (TPSA) is 59.6 Å². The van der Waals surface area contributed by atoms with Gasteiger partial charge in [0.05, 0.1) is 12.6 Å². The van der Waals surface area contributed by atoms with Gasteiger partial charge in [0.15, 0.2) is 0 Å². The van der Waals surface area contributed by atoms with Crippen LogP contribution >= 0.6 is 0 Å². The van der Waals surface area contributed by atoms with Crippen LogP contribution in [0, 0.1) is 0 Å². The van der Waals surface area contributed by atoms with Crippen molar-refractivity contribution in [2.75, 3.05) is 20.3 Å². The lowest BCUT2D eigenvalue weighted by Crippen LogP contribution is -2.37. The van der Waals surface area contributed by atoms with Crippen LogP contribution in [0.25, 0.3) is 0 Å². The normalized spacial score (nSPS) is 14.1. The molecule has 0 aliphatic heterocycles. The molecule has 0 aliphatic carbocycles. The van der Waals surface area contributed by atoms with E-state index in [2.05, 4.69) is 17.6 Å². The molecule has 0 saturated carbocycles. The van der Waals surface area contributed by atoms with E-state index in [-0.39, 0.29) is 12.1 Å². The average Bonchev–Trinajstić information content (AvgIpc) is 2.45. The molecule has 0 spiro atoms. The van der Waals surface area contributed by atoms with Gasteiger partial charge in [-0.1, -0.05) is 30.3 Å². The number of carbonyl (C=O) groups is 1. The van der Waals surface area contributed by atoms with E-state index in [1.54, 1.807) is 7.11 Å². The largest absolute Gasteiger partial charge is 0.444 e. The summed E-state index contributed by atoms with van der Waals surface area (Å²) in [5, 5.41) is 6.35. The standard InChI is InChI=1S/C18H30N2O3/c1-14(13-22-5)19-12-11-16(15-9-7-6-8-10-15)20-17(21)23-18(2,3)4/h6-10,14,16,19H,11-13H2,1-5H3,(H,20,21). The highest BCUT2D eigenvalue weighted by atomic mass is 16.6. The fraction of sp³-hybridized carbons (Fsp3) is 0.611. The molecule has 1 rings (SSSR count). The molecule has 0 radical (unpaired) electrons. The average molecular weight is 322 g/mol. The van der Waals surface area contributed by atoms with Crippen LogP contribution < -0.4 is 10.6 Å². The molecule has 2 N–H and O–H groups in total. The van der Waals surface area contributed by atoms with Crippen molar-refractivity contribution in [2.24, 2.45) is 0 Å². The second-order valence-electron chi connectivity index (χ2n) is 6.71. The molecule has 2 atom stereocenters. The van der Waals surface area contributed by atoms with Crippen LogP contribution in [0.5, 0.6) is 0 Å². The van der Waals surface area contributed by atoms with E-state index in [1.165, 1.54) is 0 Å². The van der Waals surface area contributed by atoms with Crippen LogP contribution in [0.4, 0.5) is 4.79 Å². The second kappa shape index (κ2) is 9.53. The lowest BCUT2D eigenvalue weighted by Gasteiger charge is -2.24. The molecule has 5 nitrogen and oxygen atoms in total. The number of hydrogen-bond acceptors (Lipinski definition) is 4. The Morgan fingerprint density at radius 1 is 1.22 bits per heavy atom. The molecular weight excluding hydrogens is 292 g/mol. The van der Waals surface area contributed by atoms with Crippen molar-refractivity contribution in [1.82, 2.24) is 10.6 Å². The molecule has 1 aromatic rings. The van der Waals surface area contributed by atoms with E-state index in [9.17, 15) is 4.79 Å². The van der Waals surface area contributed by atoms with E-state index in [0.29, 0.717) is 6.61 Å². The van der Waals surface area contributed by atoms with Gasteiger partial charge in [0.25, 0.3) is 0 Å². The summed E-state index contributed by atoms with van der Waals surface area (Å²) < 4.78 is 10.5. The lowest BCUT2D eigenvalue weighted by atomic mass is 10.0. The summed E-state index contributed by atoms with van der Waals surface area (Å²) in [5.41, 5.74) is 0.566. The third-order valence-corrected chi connectivity index (χ3v) is 3.24. The van der Waals surface area contributed by atoms with E-state index >= 15 is 0 Å². The van der Waals surface area contributed by atoms with Gasteiger partial charge in [-0.2, -0.15) is 0 Å². The minimum Gasteiger partial charge on any atom is -0.444 e. The summed E-state index contributed by atoms with van der Waals surface area (Å²) in [6.45, 7) is 9.09. The number of alkyl carbamates (subject to hydrolysis) is 1. The zero-order valence-electron chi connectivity index (χ0n) is 14.9. The van der Waals surface area contributed by atoms with Crippen molar-refractivity contribution in [3.63, 3.8) is 0 Å². The Bertz CT molecular complexity index is 457. The Morgan fingerprint density at radius 2 is 1.87 bits per heavy atom. The van der Waals surface area contributed by atoms with E-state index in [0.717, 1.165) is 18.5 Å². The molecule has 0 aliphatic rings. The van der Waals surface area contributed by atoms with Crippen LogP contribution in [0.15, 0.2) is 30.3 Å². The Morgan fingerprint density at radius 3 is 2.43 bits per heavy atom. The second-order valence-corrected chi connectivity index (χ2v) is 6.71. The highest BCUT2D eigenvalue weighted by molar-refractivity contribution is 5.68. The molecule has 0 aromatic heterocycles. The number of hydrogen-bond donors (Lipinski definition) is 2.